The van der Waals surface area contributed by atoms with Crippen LogP contribution in [0.1, 0.15) is 5.56 Å². The molecule has 1 fully saturated rings. The Morgan fingerprint density at radius 1 is 1.07 bits per heavy atom. The van der Waals surface area contributed by atoms with Crippen LogP contribution in [0.25, 0.3) is 16.8 Å². The molecule has 0 aromatic heterocycles. The molecule has 3 aromatic carbocycles. The quantitative estimate of drug-likeness (QED) is 0.339. The molecule has 0 bridgehead atoms. The summed E-state index contributed by atoms with van der Waals surface area (Å²) >= 11 is 6.75. The van der Waals surface area contributed by atoms with Gasteiger partial charge in [-0.2, -0.15) is 0 Å². The standard InChI is InChI=1S/C23H15NO2S2/c1-2-14-26-20-13-12-16-8-6-7-11-18(16)19(20)15-21-22(25)24(23(27)28-21)17-9-4-3-5-10-17/h1,3-13,15H,14H2. The Hall–Kier alpha value is -3.07. The number of benzene rings is 3. The first-order valence-electron chi connectivity index (χ1n) is 8.60. The summed E-state index contributed by atoms with van der Waals surface area (Å²) in [5.41, 5.74) is 1.58. The third-order valence-corrected chi connectivity index (χ3v) is 5.63. The van der Waals surface area contributed by atoms with Crippen molar-refractivity contribution in [1.29, 1.82) is 0 Å². The van der Waals surface area contributed by atoms with Gasteiger partial charge in [0.1, 0.15) is 12.4 Å². The molecule has 1 heterocycles. The normalized spacial score (nSPS) is 15.2. The molecule has 1 saturated heterocycles. The number of thioether (sulfide) groups is 1. The Labute approximate surface area is 173 Å². The molecule has 4 rings (SSSR count). The highest BCUT2D eigenvalue weighted by Crippen LogP contribution is 2.38. The second-order valence-electron chi connectivity index (χ2n) is 6.04. The van der Waals surface area contributed by atoms with Gasteiger partial charge in [0.25, 0.3) is 5.91 Å². The Morgan fingerprint density at radius 2 is 1.82 bits per heavy atom. The molecule has 28 heavy (non-hydrogen) atoms. The fraction of sp³-hybridized carbons (Fsp3) is 0.0435. The molecule has 0 aliphatic carbocycles. The maximum atomic E-state index is 13.1. The summed E-state index contributed by atoms with van der Waals surface area (Å²) in [6.07, 6.45) is 7.20. The number of fused-ring (bicyclic) bond motifs is 1. The number of hydrogen-bond donors (Lipinski definition) is 0. The molecule has 3 nitrogen and oxygen atoms in total. The van der Waals surface area contributed by atoms with Crippen LogP contribution in [0.4, 0.5) is 5.69 Å². The number of carbonyl (C=O) groups excluding carboxylic acids is 1. The van der Waals surface area contributed by atoms with Crippen molar-refractivity contribution < 1.29 is 9.53 Å². The molecule has 0 unspecified atom stereocenters. The van der Waals surface area contributed by atoms with E-state index >= 15 is 0 Å². The number of carbonyl (C=O) groups is 1. The predicted octanol–water partition coefficient (Wildman–Crippen LogP) is 5.26. The van der Waals surface area contributed by atoms with Crippen LogP contribution in [-0.4, -0.2) is 16.8 Å². The summed E-state index contributed by atoms with van der Waals surface area (Å²) in [5.74, 6) is 2.98. The molecular formula is C23H15NO2S2. The van der Waals surface area contributed by atoms with Crippen molar-refractivity contribution in [2.24, 2.45) is 0 Å². The minimum Gasteiger partial charge on any atom is -0.480 e. The van der Waals surface area contributed by atoms with Crippen molar-refractivity contribution in [2.45, 2.75) is 0 Å². The fourth-order valence-corrected chi connectivity index (χ4v) is 4.35. The Morgan fingerprint density at radius 3 is 2.61 bits per heavy atom. The number of rotatable bonds is 4. The second kappa shape index (κ2) is 7.89. The van der Waals surface area contributed by atoms with Crippen LogP contribution >= 0.6 is 24.0 Å². The van der Waals surface area contributed by atoms with E-state index in [4.69, 9.17) is 23.4 Å². The molecular weight excluding hydrogens is 386 g/mol. The zero-order valence-corrected chi connectivity index (χ0v) is 16.4. The van der Waals surface area contributed by atoms with E-state index in [0.29, 0.717) is 15.0 Å². The van der Waals surface area contributed by atoms with Crippen LogP contribution in [0.3, 0.4) is 0 Å². The molecule has 5 heteroatoms. The van der Waals surface area contributed by atoms with Crippen molar-refractivity contribution in [3.8, 4) is 18.1 Å². The zero-order valence-electron chi connectivity index (χ0n) is 14.8. The maximum Gasteiger partial charge on any atom is 0.270 e. The summed E-state index contributed by atoms with van der Waals surface area (Å²) in [5, 5.41) is 2.04. The van der Waals surface area contributed by atoms with Crippen LogP contribution in [0.5, 0.6) is 5.75 Å². The van der Waals surface area contributed by atoms with Gasteiger partial charge in [-0.15, -0.1) is 6.42 Å². The van der Waals surface area contributed by atoms with E-state index in [-0.39, 0.29) is 12.5 Å². The number of terminal acetylenes is 1. The van der Waals surface area contributed by atoms with Gasteiger partial charge < -0.3 is 4.74 Å². The average molecular weight is 402 g/mol. The Balaban J connectivity index is 1.80. The van der Waals surface area contributed by atoms with Gasteiger partial charge >= 0.3 is 0 Å². The SMILES string of the molecule is C#CCOc1ccc2ccccc2c1C=C1SC(=S)N(c2ccccc2)C1=O. The van der Waals surface area contributed by atoms with Gasteiger partial charge in [-0.05, 0) is 35.0 Å². The molecule has 0 atom stereocenters. The Bertz CT molecular complexity index is 1150. The lowest BCUT2D eigenvalue weighted by molar-refractivity contribution is -0.113. The average Bonchev–Trinajstić information content (AvgIpc) is 3.01. The van der Waals surface area contributed by atoms with Crippen molar-refractivity contribution >= 4 is 56.7 Å². The highest BCUT2D eigenvalue weighted by molar-refractivity contribution is 8.27. The van der Waals surface area contributed by atoms with Crippen molar-refractivity contribution in [2.75, 3.05) is 11.5 Å². The number of ether oxygens (including phenoxy) is 1. The monoisotopic (exact) mass is 401 g/mol. The van der Waals surface area contributed by atoms with E-state index in [0.717, 1.165) is 22.0 Å². The lowest BCUT2D eigenvalue weighted by Crippen LogP contribution is -2.27. The topological polar surface area (TPSA) is 29.5 Å². The van der Waals surface area contributed by atoms with E-state index in [9.17, 15) is 4.79 Å². The minimum atomic E-state index is -0.142. The van der Waals surface area contributed by atoms with Gasteiger partial charge in [-0.25, -0.2) is 0 Å². The summed E-state index contributed by atoms with van der Waals surface area (Å²) < 4.78 is 6.24. The zero-order chi connectivity index (χ0) is 19.5. The van der Waals surface area contributed by atoms with Gasteiger partial charge in [0.2, 0.25) is 0 Å². The van der Waals surface area contributed by atoms with Gasteiger partial charge in [-0.1, -0.05) is 78.4 Å². The maximum absolute atomic E-state index is 13.1. The molecule has 0 N–H and O–H groups in total. The van der Waals surface area contributed by atoms with Gasteiger partial charge in [0, 0.05) is 5.56 Å². The lowest BCUT2D eigenvalue weighted by Gasteiger charge is -2.14. The smallest absolute Gasteiger partial charge is 0.270 e. The van der Waals surface area contributed by atoms with Crippen LogP contribution in [-0.2, 0) is 4.79 Å². The van der Waals surface area contributed by atoms with Gasteiger partial charge in [-0.3, -0.25) is 9.69 Å². The van der Waals surface area contributed by atoms with Crippen LogP contribution < -0.4 is 9.64 Å². The number of anilines is 1. The molecule has 1 aliphatic heterocycles. The molecule has 0 radical (unpaired) electrons. The van der Waals surface area contributed by atoms with Crippen molar-refractivity contribution in [1.82, 2.24) is 0 Å². The van der Waals surface area contributed by atoms with Gasteiger partial charge in [0.15, 0.2) is 4.32 Å². The van der Waals surface area contributed by atoms with Crippen LogP contribution in [0, 0.1) is 12.3 Å². The molecule has 136 valence electrons. The largest absolute Gasteiger partial charge is 0.480 e. The first-order chi connectivity index (χ1) is 13.7. The number of thiocarbonyl (C=S) groups is 1. The van der Waals surface area contributed by atoms with E-state index in [1.807, 2.05) is 72.8 Å². The molecule has 0 spiro atoms. The van der Waals surface area contributed by atoms with Crippen molar-refractivity contribution in [3.63, 3.8) is 0 Å². The van der Waals surface area contributed by atoms with E-state index < -0.39 is 0 Å². The van der Waals surface area contributed by atoms with Crippen LogP contribution in [0.2, 0.25) is 0 Å². The summed E-state index contributed by atoms with van der Waals surface area (Å²) in [4.78, 5) is 15.2. The number of para-hydroxylation sites is 1. The number of hydrogen-bond acceptors (Lipinski definition) is 4. The predicted molar refractivity (Wildman–Crippen MR) is 120 cm³/mol. The molecule has 3 aromatic rings. The molecule has 1 amide bonds. The lowest BCUT2D eigenvalue weighted by atomic mass is 10.0. The van der Waals surface area contributed by atoms with E-state index in [1.54, 1.807) is 4.90 Å². The van der Waals surface area contributed by atoms with E-state index in [2.05, 4.69) is 5.92 Å². The Kier molecular flexibility index (Phi) is 5.16. The molecule has 1 aliphatic rings. The summed E-state index contributed by atoms with van der Waals surface area (Å²) in [6.45, 7) is 0.157. The second-order valence-corrected chi connectivity index (χ2v) is 7.72. The fourth-order valence-electron chi connectivity index (χ4n) is 3.07. The van der Waals surface area contributed by atoms with E-state index in [1.165, 1.54) is 11.8 Å². The minimum absolute atomic E-state index is 0.142. The molecule has 0 saturated carbocycles. The number of nitrogens with zero attached hydrogens (tertiary/aromatic N) is 1. The van der Waals surface area contributed by atoms with Crippen LogP contribution in [0.15, 0.2) is 71.6 Å². The third kappa shape index (κ3) is 3.40. The third-order valence-electron chi connectivity index (χ3n) is 4.33. The summed E-state index contributed by atoms with van der Waals surface area (Å²) in [7, 11) is 0. The summed E-state index contributed by atoms with van der Waals surface area (Å²) in [6, 6.07) is 21.2. The highest BCUT2D eigenvalue weighted by atomic mass is 32.2. The number of amides is 1. The first-order valence-corrected chi connectivity index (χ1v) is 9.82. The first kappa shape index (κ1) is 18.3. The highest BCUT2D eigenvalue weighted by Gasteiger charge is 2.33. The van der Waals surface area contributed by atoms with Crippen molar-refractivity contribution in [3.05, 3.63) is 77.2 Å². The van der Waals surface area contributed by atoms with Gasteiger partial charge in [0.05, 0.1) is 10.6 Å².